The number of benzene rings is 2. The zero-order valence-corrected chi connectivity index (χ0v) is 19.3. The number of thiazole rings is 1. The molecule has 2 heterocycles. The Morgan fingerprint density at radius 3 is 2.78 bits per heavy atom. The number of carbonyl (C=O) groups excluding carboxylic acids is 1. The van der Waals surface area contributed by atoms with E-state index in [2.05, 4.69) is 15.5 Å². The van der Waals surface area contributed by atoms with Crippen LogP contribution in [0, 0.1) is 19.7 Å². The first kappa shape index (κ1) is 22.0. The first-order valence-electron chi connectivity index (χ1n) is 9.70. The Morgan fingerprint density at radius 2 is 2.06 bits per heavy atom. The zero-order valence-electron chi connectivity index (χ0n) is 17.6. The van der Waals surface area contributed by atoms with Crippen LogP contribution in [0.2, 0.25) is 0 Å². The Hall–Kier alpha value is -3.17. The number of halogens is 1. The van der Waals surface area contributed by atoms with E-state index in [1.54, 1.807) is 35.3 Å². The van der Waals surface area contributed by atoms with Gasteiger partial charge in [0.2, 0.25) is 0 Å². The molecule has 0 bridgehead atoms. The first-order valence-corrected chi connectivity index (χ1v) is 11.6. The summed E-state index contributed by atoms with van der Waals surface area (Å²) in [5, 5.41) is 9.04. The molecule has 0 aliphatic carbocycles. The second-order valence-corrected chi connectivity index (χ2v) is 8.80. The van der Waals surface area contributed by atoms with Crippen LogP contribution in [0.1, 0.15) is 27.4 Å². The number of rotatable bonds is 7. The molecule has 0 radical (unpaired) electrons. The number of hydrogen-bond acceptors (Lipinski definition) is 7. The fourth-order valence-electron chi connectivity index (χ4n) is 3.09. The van der Waals surface area contributed by atoms with Crippen LogP contribution in [0.25, 0.3) is 11.3 Å². The zero-order chi connectivity index (χ0) is 22.7. The number of thioether (sulfide) groups is 1. The predicted octanol–water partition coefficient (Wildman–Crippen LogP) is 6.11. The Balaban J connectivity index is 1.49. The molecule has 164 valence electrons. The Kier molecular flexibility index (Phi) is 6.57. The number of hydrogen-bond donors (Lipinski definition) is 1. The molecule has 2 aromatic carbocycles. The number of aryl methyl sites for hydroxylation is 2. The van der Waals surface area contributed by atoms with Crippen molar-refractivity contribution >= 4 is 34.1 Å². The summed E-state index contributed by atoms with van der Waals surface area (Å²) in [4.78, 5) is 18.2. The van der Waals surface area contributed by atoms with Crippen LogP contribution in [0.5, 0.6) is 5.75 Å². The third-order valence-corrected chi connectivity index (χ3v) is 6.71. The van der Waals surface area contributed by atoms with Gasteiger partial charge in [0.25, 0.3) is 5.91 Å². The van der Waals surface area contributed by atoms with Crippen LogP contribution in [0.15, 0.2) is 57.3 Å². The van der Waals surface area contributed by atoms with E-state index in [4.69, 9.17) is 9.26 Å². The van der Waals surface area contributed by atoms with Crippen LogP contribution < -0.4 is 10.1 Å². The number of ether oxygens (including phenoxy) is 1. The molecule has 32 heavy (non-hydrogen) atoms. The fourth-order valence-corrected chi connectivity index (χ4v) is 5.01. The molecular weight excluding hydrogens is 449 g/mol. The molecule has 1 N–H and O–H groups in total. The van der Waals surface area contributed by atoms with Crippen molar-refractivity contribution in [2.24, 2.45) is 0 Å². The van der Waals surface area contributed by atoms with Gasteiger partial charge in [-0.3, -0.25) is 10.1 Å². The molecule has 0 saturated carbocycles. The number of aromatic nitrogens is 2. The van der Waals surface area contributed by atoms with Crippen LogP contribution >= 0.6 is 23.1 Å². The standard InChI is InChI=1S/C23H20FN3O3S2/c1-13-17(14(2)30-27-13)11-31-21-7-5-4-6-16(21)22(28)26-23-25-19(12-32-23)15-8-9-20(29-3)18(24)10-15/h4-10,12H,11H2,1-3H3,(H,25,26,28). The molecule has 4 rings (SSSR count). The maximum atomic E-state index is 14.0. The van der Waals surface area contributed by atoms with Crippen LogP contribution in [-0.4, -0.2) is 23.2 Å². The summed E-state index contributed by atoms with van der Waals surface area (Å²) in [6.45, 7) is 3.78. The van der Waals surface area contributed by atoms with Crippen molar-refractivity contribution in [3.05, 3.63) is 76.2 Å². The van der Waals surface area contributed by atoms with Crippen molar-refractivity contribution in [2.75, 3.05) is 12.4 Å². The van der Waals surface area contributed by atoms with Crippen LogP contribution in [-0.2, 0) is 5.75 Å². The number of carbonyl (C=O) groups is 1. The minimum absolute atomic E-state index is 0.170. The van der Waals surface area contributed by atoms with E-state index < -0.39 is 5.82 Å². The van der Waals surface area contributed by atoms with E-state index >= 15 is 0 Å². The van der Waals surface area contributed by atoms with E-state index in [-0.39, 0.29) is 11.7 Å². The number of methoxy groups -OCH3 is 1. The van der Waals surface area contributed by atoms with Crippen LogP contribution in [0.4, 0.5) is 9.52 Å². The van der Waals surface area contributed by atoms with Crippen molar-refractivity contribution in [1.82, 2.24) is 10.1 Å². The van der Waals surface area contributed by atoms with Crippen LogP contribution in [0.3, 0.4) is 0 Å². The van der Waals surface area contributed by atoms with Crippen molar-refractivity contribution in [1.29, 1.82) is 0 Å². The van der Waals surface area contributed by atoms with Crippen molar-refractivity contribution in [3.8, 4) is 17.0 Å². The second-order valence-electron chi connectivity index (χ2n) is 6.93. The lowest BCUT2D eigenvalue weighted by Crippen LogP contribution is -2.12. The lowest BCUT2D eigenvalue weighted by atomic mass is 10.1. The van der Waals surface area contributed by atoms with E-state index in [1.807, 2.05) is 32.0 Å². The molecule has 0 atom stereocenters. The summed E-state index contributed by atoms with van der Waals surface area (Å²) in [6.07, 6.45) is 0. The highest BCUT2D eigenvalue weighted by molar-refractivity contribution is 7.98. The topological polar surface area (TPSA) is 77.2 Å². The van der Waals surface area contributed by atoms with E-state index in [0.717, 1.165) is 21.9 Å². The van der Waals surface area contributed by atoms with Gasteiger partial charge in [0.05, 0.1) is 24.1 Å². The van der Waals surface area contributed by atoms with Gasteiger partial charge in [0, 0.05) is 27.2 Å². The summed E-state index contributed by atoms with van der Waals surface area (Å²) >= 11 is 2.83. The van der Waals surface area contributed by atoms with Gasteiger partial charge in [0.1, 0.15) is 5.76 Å². The average Bonchev–Trinajstić information content (AvgIpc) is 3.38. The maximum absolute atomic E-state index is 14.0. The van der Waals surface area contributed by atoms with Crippen molar-refractivity contribution < 1.29 is 18.4 Å². The Bertz CT molecular complexity index is 1250. The quantitative estimate of drug-likeness (QED) is 0.329. The lowest BCUT2D eigenvalue weighted by molar-refractivity contribution is 0.102. The summed E-state index contributed by atoms with van der Waals surface area (Å²) in [5.74, 6) is 0.877. The van der Waals surface area contributed by atoms with E-state index in [0.29, 0.717) is 27.7 Å². The van der Waals surface area contributed by atoms with Gasteiger partial charge in [-0.2, -0.15) is 0 Å². The average molecular weight is 470 g/mol. The smallest absolute Gasteiger partial charge is 0.258 e. The number of anilines is 1. The largest absolute Gasteiger partial charge is 0.494 e. The van der Waals surface area contributed by atoms with E-state index in [9.17, 15) is 9.18 Å². The molecule has 0 saturated heterocycles. The molecule has 6 nitrogen and oxygen atoms in total. The fraction of sp³-hybridized carbons (Fsp3) is 0.174. The number of nitrogens with one attached hydrogen (secondary N) is 1. The molecule has 9 heteroatoms. The number of nitrogens with zero attached hydrogens (tertiary/aromatic N) is 2. The highest BCUT2D eigenvalue weighted by Gasteiger charge is 2.16. The molecular formula is C23H20FN3O3S2. The third kappa shape index (κ3) is 4.68. The van der Waals surface area contributed by atoms with Crippen molar-refractivity contribution in [2.45, 2.75) is 24.5 Å². The maximum Gasteiger partial charge on any atom is 0.258 e. The normalized spacial score (nSPS) is 10.9. The summed E-state index contributed by atoms with van der Waals surface area (Å²) in [6, 6.07) is 12.0. The summed E-state index contributed by atoms with van der Waals surface area (Å²) < 4.78 is 24.2. The summed E-state index contributed by atoms with van der Waals surface area (Å²) in [5.41, 5.74) is 3.61. The molecule has 0 spiro atoms. The monoisotopic (exact) mass is 469 g/mol. The molecule has 0 fully saturated rings. The minimum atomic E-state index is -0.465. The third-order valence-electron chi connectivity index (χ3n) is 4.86. The van der Waals surface area contributed by atoms with Gasteiger partial charge in [-0.15, -0.1) is 23.1 Å². The van der Waals surface area contributed by atoms with Gasteiger partial charge < -0.3 is 9.26 Å². The highest BCUT2D eigenvalue weighted by Crippen LogP contribution is 2.31. The van der Waals surface area contributed by atoms with Gasteiger partial charge in [0.15, 0.2) is 16.7 Å². The highest BCUT2D eigenvalue weighted by atomic mass is 32.2. The van der Waals surface area contributed by atoms with Gasteiger partial charge >= 0.3 is 0 Å². The minimum Gasteiger partial charge on any atom is -0.494 e. The second kappa shape index (κ2) is 9.54. The molecule has 0 unspecified atom stereocenters. The first-order chi connectivity index (χ1) is 15.5. The molecule has 0 aliphatic rings. The van der Waals surface area contributed by atoms with Crippen molar-refractivity contribution in [3.63, 3.8) is 0 Å². The number of amides is 1. The Labute approximate surface area is 192 Å². The van der Waals surface area contributed by atoms with Gasteiger partial charge in [-0.1, -0.05) is 17.3 Å². The molecule has 2 aromatic heterocycles. The lowest BCUT2D eigenvalue weighted by Gasteiger charge is -2.08. The Morgan fingerprint density at radius 1 is 1.25 bits per heavy atom. The van der Waals surface area contributed by atoms with Gasteiger partial charge in [-0.05, 0) is 44.2 Å². The SMILES string of the molecule is COc1ccc(-c2csc(NC(=O)c3ccccc3SCc3c(C)noc3C)n2)cc1F. The van der Waals surface area contributed by atoms with E-state index in [1.165, 1.54) is 24.5 Å². The predicted molar refractivity (Wildman–Crippen MR) is 124 cm³/mol. The summed E-state index contributed by atoms with van der Waals surface area (Å²) in [7, 11) is 1.42. The molecule has 4 aromatic rings. The molecule has 0 aliphatic heterocycles. The molecule has 1 amide bonds. The van der Waals surface area contributed by atoms with Gasteiger partial charge in [-0.25, -0.2) is 9.37 Å².